The van der Waals surface area contributed by atoms with Crippen LogP contribution < -0.4 is 5.32 Å². The first kappa shape index (κ1) is 15.1. The Hall–Kier alpha value is -1.27. The van der Waals surface area contributed by atoms with Crippen molar-refractivity contribution in [2.24, 2.45) is 0 Å². The highest BCUT2D eigenvalue weighted by Crippen LogP contribution is 2.32. The molecule has 0 saturated heterocycles. The van der Waals surface area contributed by atoms with Crippen LogP contribution in [0, 0.1) is 17.5 Å². The standard InChI is InChI=1S/C14H13BrF3NO/c1-2-4-19-13(14-9(15)3-5-20-14)12-10(17)6-8(16)7-11(12)18/h3,5-7,13,19H,2,4H2,1H3. The molecule has 0 fully saturated rings. The maximum absolute atomic E-state index is 13.9. The van der Waals surface area contributed by atoms with Crippen molar-refractivity contribution in [2.75, 3.05) is 6.54 Å². The van der Waals surface area contributed by atoms with Gasteiger partial charge in [0.1, 0.15) is 23.2 Å². The van der Waals surface area contributed by atoms with E-state index in [1.54, 1.807) is 6.07 Å². The molecule has 20 heavy (non-hydrogen) atoms. The Bertz CT molecular complexity index is 577. The monoisotopic (exact) mass is 347 g/mol. The van der Waals surface area contributed by atoms with E-state index in [0.717, 1.165) is 6.42 Å². The highest BCUT2D eigenvalue weighted by molar-refractivity contribution is 9.10. The fraction of sp³-hybridized carbons (Fsp3) is 0.286. The first-order valence-corrected chi connectivity index (χ1v) is 6.94. The summed E-state index contributed by atoms with van der Waals surface area (Å²) in [6, 6.07) is 2.14. The van der Waals surface area contributed by atoms with Gasteiger partial charge >= 0.3 is 0 Å². The minimum absolute atomic E-state index is 0.254. The van der Waals surface area contributed by atoms with Crippen molar-refractivity contribution < 1.29 is 17.6 Å². The zero-order valence-corrected chi connectivity index (χ0v) is 12.3. The molecule has 1 N–H and O–H groups in total. The summed E-state index contributed by atoms with van der Waals surface area (Å²) >= 11 is 3.27. The Kier molecular flexibility index (Phi) is 4.88. The number of benzene rings is 1. The van der Waals surface area contributed by atoms with E-state index in [2.05, 4.69) is 21.2 Å². The summed E-state index contributed by atoms with van der Waals surface area (Å²) in [6.07, 6.45) is 2.19. The van der Waals surface area contributed by atoms with Gasteiger partial charge in [-0.1, -0.05) is 6.92 Å². The second-order valence-electron chi connectivity index (χ2n) is 4.30. The second kappa shape index (κ2) is 6.45. The third-order valence-corrected chi connectivity index (χ3v) is 3.49. The molecule has 0 amide bonds. The van der Waals surface area contributed by atoms with E-state index in [9.17, 15) is 13.2 Å². The van der Waals surface area contributed by atoms with Gasteiger partial charge in [-0.05, 0) is 35.0 Å². The molecule has 2 rings (SSSR count). The predicted octanol–water partition coefficient (Wildman–Crippen LogP) is 4.55. The summed E-state index contributed by atoms with van der Waals surface area (Å²) in [4.78, 5) is 0. The van der Waals surface area contributed by atoms with Crippen molar-refractivity contribution in [3.63, 3.8) is 0 Å². The van der Waals surface area contributed by atoms with Gasteiger partial charge in [-0.15, -0.1) is 0 Å². The molecule has 2 aromatic rings. The van der Waals surface area contributed by atoms with Gasteiger partial charge in [-0.25, -0.2) is 13.2 Å². The molecule has 1 aromatic carbocycles. The van der Waals surface area contributed by atoms with Gasteiger partial charge in [-0.2, -0.15) is 0 Å². The third-order valence-electron chi connectivity index (χ3n) is 2.84. The number of halogens is 4. The molecule has 1 atom stereocenters. The van der Waals surface area contributed by atoms with Crippen molar-refractivity contribution in [3.8, 4) is 0 Å². The second-order valence-corrected chi connectivity index (χ2v) is 5.16. The van der Waals surface area contributed by atoms with Crippen molar-refractivity contribution >= 4 is 15.9 Å². The first-order valence-electron chi connectivity index (χ1n) is 6.15. The van der Waals surface area contributed by atoms with Crippen molar-refractivity contribution in [3.05, 3.63) is 57.7 Å². The quantitative estimate of drug-likeness (QED) is 0.858. The lowest BCUT2D eigenvalue weighted by Gasteiger charge is -2.18. The molecular formula is C14H13BrF3NO. The Labute approximate surface area is 123 Å². The van der Waals surface area contributed by atoms with Gasteiger partial charge in [-0.3, -0.25) is 0 Å². The van der Waals surface area contributed by atoms with Crippen LogP contribution in [0.4, 0.5) is 13.2 Å². The molecule has 0 saturated carbocycles. The van der Waals surface area contributed by atoms with Crippen LogP contribution in [-0.4, -0.2) is 6.54 Å². The summed E-state index contributed by atoms with van der Waals surface area (Å²) < 4.78 is 46.8. The predicted molar refractivity (Wildman–Crippen MR) is 72.9 cm³/mol. The Morgan fingerprint density at radius 1 is 1.25 bits per heavy atom. The van der Waals surface area contributed by atoms with Crippen LogP contribution >= 0.6 is 15.9 Å². The van der Waals surface area contributed by atoms with Crippen molar-refractivity contribution in [1.82, 2.24) is 5.32 Å². The van der Waals surface area contributed by atoms with Gasteiger partial charge < -0.3 is 9.73 Å². The Morgan fingerprint density at radius 3 is 2.40 bits per heavy atom. The number of hydrogen-bond acceptors (Lipinski definition) is 2. The third kappa shape index (κ3) is 3.07. The van der Waals surface area contributed by atoms with Crippen LogP contribution in [0.25, 0.3) is 0 Å². The average Bonchev–Trinajstić information content (AvgIpc) is 2.78. The molecular weight excluding hydrogens is 335 g/mol. The molecule has 0 aliphatic carbocycles. The summed E-state index contributed by atoms with van der Waals surface area (Å²) in [5.74, 6) is -2.49. The molecule has 1 aromatic heterocycles. The van der Waals surface area contributed by atoms with E-state index < -0.39 is 23.5 Å². The van der Waals surface area contributed by atoms with Gasteiger partial charge in [0.25, 0.3) is 0 Å². The minimum atomic E-state index is -0.948. The number of hydrogen-bond donors (Lipinski definition) is 1. The van der Waals surface area contributed by atoms with Crippen LogP contribution in [0.1, 0.15) is 30.7 Å². The highest BCUT2D eigenvalue weighted by Gasteiger charge is 2.26. The van der Waals surface area contributed by atoms with Gasteiger partial charge in [0.05, 0.1) is 16.8 Å². The SMILES string of the molecule is CCCNC(c1occc1Br)c1c(F)cc(F)cc1F. The smallest absolute Gasteiger partial charge is 0.139 e. The number of rotatable bonds is 5. The maximum Gasteiger partial charge on any atom is 0.139 e. The Morgan fingerprint density at radius 2 is 1.90 bits per heavy atom. The van der Waals surface area contributed by atoms with Crippen LogP contribution in [0.15, 0.2) is 33.4 Å². The van der Waals surface area contributed by atoms with Crippen molar-refractivity contribution in [2.45, 2.75) is 19.4 Å². The number of nitrogens with one attached hydrogen (secondary N) is 1. The van der Waals surface area contributed by atoms with E-state index >= 15 is 0 Å². The average molecular weight is 348 g/mol. The summed E-state index contributed by atoms with van der Waals surface area (Å²) in [5.41, 5.74) is -0.254. The lowest BCUT2D eigenvalue weighted by molar-refractivity contribution is 0.417. The highest BCUT2D eigenvalue weighted by atomic mass is 79.9. The summed E-state index contributed by atoms with van der Waals surface area (Å²) in [5, 5.41) is 3.00. The molecule has 108 valence electrons. The molecule has 0 aliphatic heterocycles. The van der Waals surface area contributed by atoms with Crippen molar-refractivity contribution in [1.29, 1.82) is 0 Å². The molecule has 2 nitrogen and oxygen atoms in total. The zero-order chi connectivity index (χ0) is 14.7. The molecule has 0 bridgehead atoms. The van der Waals surface area contributed by atoms with Crippen LogP contribution in [0.3, 0.4) is 0 Å². The molecule has 0 radical (unpaired) electrons. The normalized spacial score (nSPS) is 12.7. The molecule has 0 spiro atoms. The summed E-state index contributed by atoms with van der Waals surface area (Å²) in [7, 11) is 0. The largest absolute Gasteiger partial charge is 0.466 e. The zero-order valence-electron chi connectivity index (χ0n) is 10.7. The lowest BCUT2D eigenvalue weighted by atomic mass is 10.0. The van der Waals surface area contributed by atoms with Gasteiger partial charge in [0.15, 0.2) is 0 Å². The molecule has 1 heterocycles. The van der Waals surface area contributed by atoms with Crippen LogP contribution in [0.5, 0.6) is 0 Å². The fourth-order valence-corrected chi connectivity index (χ4v) is 2.39. The van der Waals surface area contributed by atoms with E-state index in [4.69, 9.17) is 4.42 Å². The lowest BCUT2D eigenvalue weighted by Crippen LogP contribution is -2.25. The molecule has 1 unspecified atom stereocenters. The Balaban J connectivity index is 2.50. The van der Waals surface area contributed by atoms with E-state index in [0.29, 0.717) is 28.9 Å². The van der Waals surface area contributed by atoms with E-state index in [1.807, 2.05) is 6.92 Å². The van der Waals surface area contributed by atoms with Gasteiger partial charge in [0.2, 0.25) is 0 Å². The van der Waals surface area contributed by atoms with Crippen LogP contribution in [-0.2, 0) is 0 Å². The molecule has 0 aliphatic rings. The minimum Gasteiger partial charge on any atom is -0.466 e. The fourth-order valence-electron chi connectivity index (χ4n) is 1.96. The maximum atomic E-state index is 13.9. The summed E-state index contributed by atoms with van der Waals surface area (Å²) in [6.45, 7) is 2.46. The van der Waals surface area contributed by atoms with Crippen LogP contribution in [0.2, 0.25) is 0 Å². The van der Waals surface area contributed by atoms with E-state index in [1.165, 1.54) is 6.26 Å². The molecule has 6 heteroatoms. The first-order chi connectivity index (χ1) is 9.54. The topological polar surface area (TPSA) is 25.2 Å². The number of furan rings is 1. The van der Waals surface area contributed by atoms with Gasteiger partial charge in [0, 0.05) is 17.7 Å². The van der Waals surface area contributed by atoms with E-state index in [-0.39, 0.29) is 5.56 Å².